The molecular formula is C21H24O. The number of aliphatic hydroxyl groups excluding tert-OH is 1. The zero-order valence-corrected chi connectivity index (χ0v) is 12.9. The van der Waals surface area contributed by atoms with E-state index in [0.29, 0.717) is 12.0 Å². The second-order valence-corrected chi connectivity index (χ2v) is 11.7. The Morgan fingerprint density at radius 2 is 1.09 bits per heavy atom. The van der Waals surface area contributed by atoms with E-state index in [1.165, 1.54) is 47.3 Å². The van der Waals surface area contributed by atoms with E-state index in [-0.39, 0.29) is 0 Å². The maximum Gasteiger partial charge on any atom is 0.0496 e. The minimum absolute atomic E-state index is 0.477. The first kappa shape index (κ1) is 10.1. The monoisotopic (exact) mass is 292 g/mol. The Labute approximate surface area is 131 Å². The topological polar surface area (TPSA) is 20.2 Å². The van der Waals surface area contributed by atoms with Crippen LogP contribution in [0.3, 0.4) is 0 Å². The van der Waals surface area contributed by atoms with Crippen LogP contribution >= 0.6 is 0 Å². The summed E-state index contributed by atoms with van der Waals surface area (Å²) < 4.78 is 0. The molecule has 114 valence electrons. The molecule has 0 bridgehead atoms. The lowest BCUT2D eigenvalue weighted by Crippen LogP contribution is -2.40. The first-order chi connectivity index (χ1) is 10.9. The van der Waals surface area contributed by atoms with Crippen LogP contribution in [0.4, 0.5) is 0 Å². The van der Waals surface area contributed by atoms with Crippen molar-refractivity contribution in [2.24, 2.45) is 106 Å². The van der Waals surface area contributed by atoms with Gasteiger partial charge >= 0.3 is 0 Å². The fraction of sp³-hybridized carbons (Fsp3) is 1.00. The van der Waals surface area contributed by atoms with Crippen LogP contribution in [-0.2, 0) is 0 Å². The van der Waals surface area contributed by atoms with Gasteiger partial charge in [0.25, 0.3) is 0 Å². The Morgan fingerprint density at radius 3 is 1.64 bits per heavy atom. The van der Waals surface area contributed by atoms with Crippen molar-refractivity contribution in [1.82, 2.24) is 0 Å². The fourth-order valence-electron chi connectivity index (χ4n) is 14.8. The highest BCUT2D eigenvalue weighted by atomic mass is 16.3. The quantitative estimate of drug-likeness (QED) is 0.786. The van der Waals surface area contributed by atoms with Crippen molar-refractivity contribution in [3.63, 3.8) is 0 Å². The van der Waals surface area contributed by atoms with E-state index in [2.05, 4.69) is 0 Å². The maximum atomic E-state index is 10.8. The summed E-state index contributed by atoms with van der Waals surface area (Å²) in [6.07, 6.45) is 3.28. The second kappa shape index (κ2) is 2.32. The maximum absolute atomic E-state index is 10.8. The fourth-order valence-corrected chi connectivity index (χ4v) is 14.8. The summed E-state index contributed by atoms with van der Waals surface area (Å²) in [6.45, 7) is 0.600. The average Bonchev–Trinajstić information content (AvgIpc) is 3.22. The van der Waals surface area contributed by atoms with Crippen molar-refractivity contribution in [2.75, 3.05) is 6.61 Å². The number of fused-ring (bicyclic) bond motifs is 4. The molecule has 1 nitrogen and oxygen atoms in total. The number of aliphatic hydroxyl groups is 1. The molecule has 0 aromatic heterocycles. The van der Waals surface area contributed by atoms with Crippen LogP contribution in [0, 0.1) is 106 Å². The molecule has 4 unspecified atom stereocenters. The molecule has 0 saturated heterocycles. The number of rotatable bonds is 1. The predicted molar refractivity (Wildman–Crippen MR) is 78.1 cm³/mol. The third-order valence-corrected chi connectivity index (χ3v) is 13.2. The molecule has 0 spiro atoms. The lowest BCUT2D eigenvalue weighted by Gasteiger charge is -2.41. The zero-order valence-electron chi connectivity index (χ0n) is 12.9. The molecule has 0 radical (unpaired) electrons. The standard InChI is InChI=1S/C21H24O/c22-3-21-18-6-1-4-8-5-2-7(18)12-10(5)15-13(8)14-9(4)11(6)19(21)16(14)17(15)20(12)21/h4-20,22H,1-3H2/t4-,5+,6-,7-,8?,9+,10-,11-,12-,13?,14+,15-,16+,17+,18?,19-,20+,21?/m1/s1. The summed E-state index contributed by atoms with van der Waals surface area (Å²) in [5.74, 6) is 19.3. The molecule has 0 aliphatic heterocycles. The lowest BCUT2D eigenvalue weighted by molar-refractivity contribution is 0.00217. The van der Waals surface area contributed by atoms with Crippen molar-refractivity contribution in [1.29, 1.82) is 0 Å². The third-order valence-electron chi connectivity index (χ3n) is 13.2. The summed E-state index contributed by atoms with van der Waals surface area (Å²) in [5, 5.41) is 10.8. The molecular weight excluding hydrogens is 268 g/mol. The predicted octanol–water partition coefficient (Wildman–Crippen LogP) is 2.36. The van der Waals surface area contributed by atoms with Gasteiger partial charge in [0, 0.05) is 12.0 Å². The van der Waals surface area contributed by atoms with Crippen molar-refractivity contribution in [3.8, 4) is 0 Å². The van der Waals surface area contributed by atoms with Crippen LogP contribution in [-0.4, -0.2) is 11.7 Å². The van der Waals surface area contributed by atoms with Gasteiger partial charge in [0.1, 0.15) is 0 Å². The summed E-state index contributed by atoms with van der Waals surface area (Å²) in [7, 11) is 0. The van der Waals surface area contributed by atoms with Crippen LogP contribution in [0.25, 0.3) is 0 Å². The number of hydrogen-bond acceptors (Lipinski definition) is 1. The van der Waals surface area contributed by atoms with Gasteiger partial charge in [0.05, 0.1) is 0 Å². The van der Waals surface area contributed by atoms with Crippen LogP contribution < -0.4 is 0 Å². The van der Waals surface area contributed by atoms with Gasteiger partial charge in [-0.05, 0) is 113 Å². The zero-order chi connectivity index (χ0) is 13.4. The largest absolute Gasteiger partial charge is 0.396 e. The van der Waals surface area contributed by atoms with E-state index >= 15 is 0 Å². The van der Waals surface area contributed by atoms with E-state index < -0.39 is 0 Å². The Hall–Kier alpha value is -0.0400. The molecule has 10 aliphatic rings. The first-order valence-corrected chi connectivity index (χ1v) is 10.5. The van der Waals surface area contributed by atoms with Gasteiger partial charge in [-0.25, -0.2) is 0 Å². The minimum atomic E-state index is 0.477. The first-order valence-electron chi connectivity index (χ1n) is 10.5. The Bertz CT molecular complexity index is 655. The Morgan fingerprint density at radius 1 is 0.545 bits per heavy atom. The van der Waals surface area contributed by atoms with E-state index in [0.717, 1.165) is 53.3 Å². The molecule has 10 aliphatic carbocycles. The average molecular weight is 292 g/mol. The highest BCUT2D eigenvalue weighted by molar-refractivity contribution is 5.42. The molecule has 10 saturated carbocycles. The van der Waals surface area contributed by atoms with Crippen LogP contribution in [0.5, 0.6) is 0 Å². The molecule has 18 atom stereocenters. The van der Waals surface area contributed by atoms with Crippen LogP contribution in [0.1, 0.15) is 12.8 Å². The lowest BCUT2D eigenvalue weighted by atomic mass is 9.64. The highest BCUT2D eigenvalue weighted by Crippen LogP contribution is 2.99. The second-order valence-electron chi connectivity index (χ2n) is 11.7. The summed E-state index contributed by atoms with van der Waals surface area (Å²) in [5.41, 5.74) is 0.477. The highest BCUT2D eigenvalue weighted by Gasteiger charge is 2.95. The molecule has 22 heavy (non-hydrogen) atoms. The van der Waals surface area contributed by atoms with Gasteiger partial charge in [0.15, 0.2) is 0 Å². The molecule has 10 fully saturated rings. The van der Waals surface area contributed by atoms with Crippen molar-refractivity contribution >= 4 is 0 Å². The van der Waals surface area contributed by atoms with Gasteiger partial charge in [-0.3, -0.25) is 0 Å². The van der Waals surface area contributed by atoms with Crippen molar-refractivity contribution in [3.05, 3.63) is 0 Å². The van der Waals surface area contributed by atoms with Crippen LogP contribution in [0.2, 0.25) is 0 Å². The van der Waals surface area contributed by atoms with E-state index in [1.807, 2.05) is 0 Å². The Balaban J connectivity index is 1.47. The van der Waals surface area contributed by atoms with Crippen molar-refractivity contribution < 1.29 is 5.11 Å². The van der Waals surface area contributed by atoms with Crippen LogP contribution in [0.15, 0.2) is 0 Å². The minimum Gasteiger partial charge on any atom is -0.396 e. The van der Waals surface area contributed by atoms with Gasteiger partial charge in [-0.1, -0.05) is 0 Å². The Kier molecular flexibility index (Phi) is 1.06. The molecule has 0 aromatic carbocycles. The smallest absolute Gasteiger partial charge is 0.0496 e. The molecule has 1 heteroatoms. The van der Waals surface area contributed by atoms with E-state index in [1.54, 1.807) is 12.8 Å². The SMILES string of the molecule is OCC12C3[C@@H]4C[C@@H]5C6C7[C@@H]8[C@@H]5[C@@H]4[C@@H]1[C@@H]8[C@@H]1[C@@H]7[C@H]4[C@H]([C@@H]12)[C@H]3C[C@@H]64. The van der Waals surface area contributed by atoms with E-state index in [4.69, 9.17) is 0 Å². The third kappa shape index (κ3) is 0.525. The van der Waals surface area contributed by atoms with E-state index in [9.17, 15) is 5.11 Å². The molecule has 10 rings (SSSR count). The van der Waals surface area contributed by atoms with Gasteiger partial charge in [0.2, 0.25) is 0 Å². The molecule has 0 heterocycles. The van der Waals surface area contributed by atoms with Gasteiger partial charge in [-0.15, -0.1) is 0 Å². The summed E-state index contributed by atoms with van der Waals surface area (Å²) in [6, 6.07) is 0. The molecule has 1 N–H and O–H groups in total. The number of hydrogen-bond donors (Lipinski definition) is 1. The molecule has 0 aromatic rings. The van der Waals surface area contributed by atoms with Gasteiger partial charge < -0.3 is 5.11 Å². The molecule has 0 amide bonds. The summed E-state index contributed by atoms with van der Waals surface area (Å²) >= 11 is 0. The van der Waals surface area contributed by atoms with Gasteiger partial charge in [-0.2, -0.15) is 0 Å². The van der Waals surface area contributed by atoms with Crippen molar-refractivity contribution in [2.45, 2.75) is 12.8 Å². The normalized spacial score (nSPS) is 95.0. The summed E-state index contributed by atoms with van der Waals surface area (Å²) in [4.78, 5) is 0.